The third-order valence-corrected chi connectivity index (χ3v) is 6.56. The van der Waals surface area contributed by atoms with Crippen molar-refractivity contribution in [2.45, 2.75) is 57.8 Å². The van der Waals surface area contributed by atoms with E-state index in [4.69, 9.17) is 0 Å². The zero-order chi connectivity index (χ0) is 14.8. The summed E-state index contributed by atoms with van der Waals surface area (Å²) in [4.78, 5) is 17.6. The Bertz CT molecular complexity index is 496. The molecule has 1 N–H and O–H groups in total. The minimum atomic E-state index is 0.0166. The van der Waals surface area contributed by atoms with E-state index < -0.39 is 0 Å². The molecule has 2 aliphatic heterocycles. The zero-order valence-corrected chi connectivity index (χ0v) is 14.4. The predicted octanol–water partition coefficient (Wildman–Crippen LogP) is 3.55. The van der Waals surface area contributed by atoms with Gasteiger partial charge in [-0.3, -0.25) is 10.1 Å². The van der Waals surface area contributed by atoms with E-state index >= 15 is 0 Å². The van der Waals surface area contributed by atoms with Gasteiger partial charge in [0, 0.05) is 21.5 Å². The van der Waals surface area contributed by atoms with Crippen LogP contribution in [0.4, 0.5) is 0 Å². The largest absolute Gasteiger partial charge is 0.317 e. The Morgan fingerprint density at radius 3 is 2.90 bits per heavy atom. The fraction of sp³-hybridized carbons (Fsp3) is 0.688. The maximum atomic E-state index is 12.8. The Hall–Kier alpha value is -0.520. The summed E-state index contributed by atoms with van der Waals surface area (Å²) in [5, 5.41) is 3.61. The van der Waals surface area contributed by atoms with Crippen LogP contribution in [0.5, 0.6) is 0 Å². The molecule has 1 aromatic heterocycles. The van der Waals surface area contributed by atoms with Gasteiger partial charge in [0.2, 0.25) is 5.91 Å². The highest BCUT2D eigenvalue weighted by molar-refractivity contribution is 7.99. The van der Waals surface area contributed by atoms with Crippen LogP contribution in [0, 0.1) is 6.92 Å². The molecule has 3 heterocycles. The van der Waals surface area contributed by atoms with Crippen LogP contribution in [0.25, 0.3) is 0 Å². The van der Waals surface area contributed by atoms with Crippen LogP contribution in [-0.2, 0) is 4.79 Å². The van der Waals surface area contributed by atoms with Gasteiger partial charge < -0.3 is 4.90 Å². The Balaban J connectivity index is 1.82. The molecule has 5 heteroatoms. The molecule has 21 heavy (non-hydrogen) atoms. The molecule has 116 valence electrons. The number of hydrogen-bond donors (Lipinski definition) is 1. The number of carbonyl (C=O) groups is 1. The molecule has 3 atom stereocenters. The average Bonchev–Trinajstić information content (AvgIpc) is 3.17. The summed E-state index contributed by atoms with van der Waals surface area (Å²) in [6.07, 6.45) is 4.47. The summed E-state index contributed by atoms with van der Waals surface area (Å²) in [7, 11) is 0. The number of rotatable bonds is 5. The molecule has 0 saturated carbocycles. The highest BCUT2D eigenvalue weighted by Crippen LogP contribution is 2.36. The summed E-state index contributed by atoms with van der Waals surface area (Å²) in [6, 6.07) is 4.77. The predicted molar refractivity (Wildman–Crippen MR) is 90.8 cm³/mol. The van der Waals surface area contributed by atoms with Gasteiger partial charge in [-0.05, 0) is 37.7 Å². The summed E-state index contributed by atoms with van der Waals surface area (Å²) in [5.41, 5.74) is 0. The lowest BCUT2D eigenvalue weighted by Gasteiger charge is -2.29. The molecule has 0 aromatic carbocycles. The average molecular weight is 325 g/mol. The van der Waals surface area contributed by atoms with Gasteiger partial charge in [0.25, 0.3) is 0 Å². The number of hydrogen-bond acceptors (Lipinski definition) is 4. The van der Waals surface area contributed by atoms with E-state index in [0.717, 1.165) is 31.4 Å². The fourth-order valence-corrected chi connectivity index (χ4v) is 5.36. The molecule has 3 unspecified atom stereocenters. The Kier molecular flexibility index (Phi) is 4.92. The van der Waals surface area contributed by atoms with Gasteiger partial charge in [0.1, 0.15) is 6.17 Å². The number of unbranched alkanes of at least 4 members (excludes halogenated alkanes) is 1. The molecular formula is C16H24N2OS2. The monoisotopic (exact) mass is 324 g/mol. The molecule has 2 saturated heterocycles. The lowest BCUT2D eigenvalue weighted by Crippen LogP contribution is -2.40. The molecule has 0 bridgehead atoms. The lowest BCUT2D eigenvalue weighted by molar-refractivity contribution is -0.132. The topological polar surface area (TPSA) is 32.3 Å². The van der Waals surface area contributed by atoms with Crippen LogP contribution >= 0.6 is 23.1 Å². The highest BCUT2D eigenvalue weighted by Gasteiger charge is 2.43. The normalized spacial score (nSPS) is 29.5. The van der Waals surface area contributed by atoms with Crippen molar-refractivity contribution >= 4 is 29.0 Å². The Morgan fingerprint density at radius 2 is 2.29 bits per heavy atom. The van der Waals surface area contributed by atoms with E-state index in [1.807, 2.05) is 23.1 Å². The SMILES string of the molecule is CCCCC1NC(c2ccc(C)s2)N(C2CCSC2)C1=O. The van der Waals surface area contributed by atoms with Gasteiger partial charge in [-0.15, -0.1) is 11.3 Å². The van der Waals surface area contributed by atoms with Crippen LogP contribution in [0.1, 0.15) is 48.5 Å². The van der Waals surface area contributed by atoms with Gasteiger partial charge in [-0.25, -0.2) is 0 Å². The van der Waals surface area contributed by atoms with Gasteiger partial charge >= 0.3 is 0 Å². The number of aryl methyl sites for hydroxylation is 1. The van der Waals surface area contributed by atoms with Crippen molar-refractivity contribution in [3.63, 3.8) is 0 Å². The molecular weight excluding hydrogens is 300 g/mol. The van der Waals surface area contributed by atoms with E-state index in [1.54, 1.807) is 0 Å². The Labute approximate surface area is 135 Å². The number of nitrogens with zero attached hydrogens (tertiary/aromatic N) is 1. The lowest BCUT2D eigenvalue weighted by atomic mass is 10.1. The van der Waals surface area contributed by atoms with Gasteiger partial charge in [-0.1, -0.05) is 19.8 Å². The minimum Gasteiger partial charge on any atom is -0.317 e. The third-order valence-electron chi connectivity index (χ3n) is 4.37. The number of nitrogens with one attached hydrogen (secondary N) is 1. The molecule has 0 aliphatic carbocycles. The Morgan fingerprint density at radius 1 is 1.43 bits per heavy atom. The fourth-order valence-electron chi connectivity index (χ4n) is 3.22. The minimum absolute atomic E-state index is 0.0166. The quantitative estimate of drug-likeness (QED) is 0.899. The van der Waals surface area contributed by atoms with Gasteiger partial charge in [-0.2, -0.15) is 11.8 Å². The van der Waals surface area contributed by atoms with Crippen molar-refractivity contribution < 1.29 is 4.79 Å². The van der Waals surface area contributed by atoms with Crippen molar-refractivity contribution in [3.8, 4) is 0 Å². The first-order chi connectivity index (χ1) is 10.2. The number of amides is 1. The summed E-state index contributed by atoms with van der Waals surface area (Å²) < 4.78 is 0. The smallest absolute Gasteiger partial charge is 0.241 e. The molecule has 1 aromatic rings. The van der Waals surface area contributed by atoms with Gasteiger partial charge in [0.15, 0.2) is 0 Å². The standard InChI is InChI=1S/C16H24N2OS2/c1-3-4-5-13-16(19)18(12-8-9-20-10-12)15(17-13)14-7-6-11(2)21-14/h6-7,12-13,15,17H,3-5,8-10H2,1-2H3. The molecule has 3 rings (SSSR count). The maximum Gasteiger partial charge on any atom is 0.241 e. The molecule has 1 amide bonds. The molecule has 2 fully saturated rings. The summed E-state index contributed by atoms with van der Waals surface area (Å²) >= 11 is 3.79. The number of carbonyl (C=O) groups excluding carboxylic acids is 1. The second kappa shape index (κ2) is 6.71. The maximum absolute atomic E-state index is 12.8. The van der Waals surface area contributed by atoms with Crippen LogP contribution < -0.4 is 5.32 Å². The van der Waals surface area contributed by atoms with Crippen molar-refractivity contribution in [3.05, 3.63) is 21.9 Å². The van der Waals surface area contributed by atoms with Crippen LogP contribution in [0.15, 0.2) is 12.1 Å². The number of thioether (sulfide) groups is 1. The second-order valence-electron chi connectivity index (χ2n) is 5.98. The molecule has 0 spiro atoms. The highest BCUT2D eigenvalue weighted by atomic mass is 32.2. The van der Waals surface area contributed by atoms with Crippen LogP contribution in [-0.4, -0.2) is 34.4 Å². The van der Waals surface area contributed by atoms with Crippen LogP contribution in [0.3, 0.4) is 0 Å². The van der Waals surface area contributed by atoms with E-state index in [-0.39, 0.29) is 12.2 Å². The first-order valence-electron chi connectivity index (χ1n) is 7.93. The van der Waals surface area contributed by atoms with Gasteiger partial charge in [0.05, 0.1) is 6.04 Å². The van der Waals surface area contributed by atoms with E-state index in [2.05, 4.69) is 36.2 Å². The van der Waals surface area contributed by atoms with E-state index in [9.17, 15) is 4.79 Å². The molecule has 0 radical (unpaired) electrons. The molecule has 3 nitrogen and oxygen atoms in total. The van der Waals surface area contributed by atoms with Crippen molar-refractivity contribution in [1.29, 1.82) is 0 Å². The van der Waals surface area contributed by atoms with Crippen molar-refractivity contribution in [1.82, 2.24) is 10.2 Å². The van der Waals surface area contributed by atoms with Crippen molar-refractivity contribution in [2.24, 2.45) is 0 Å². The third kappa shape index (κ3) is 3.15. The second-order valence-corrected chi connectivity index (χ2v) is 8.44. The summed E-state index contributed by atoms with van der Waals surface area (Å²) in [6.45, 7) is 4.32. The zero-order valence-electron chi connectivity index (χ0n) is 12.8. The van der Waals surface area contributed by atoms with E-state index in [1.165, 1.54) is 15.5 Å². The first kappa shape index (κ1) is 15.4. The first-order valence-corrected chi connectivity index (χ1v) is 9.90. The number of thiophene rings is 1. The van der Waals surface area contributed by atoms with E-state index in [0.29, 0.717) is 11.9 Å². The van der Waals surface area contributed by atoms with Crippen molar-refractivity contribution in [2.75, 3.05) is 11.5 Å². The summed E-state index contributed by atoms with van der Waals surface area (Å²) in [5.74, 6) is 2.60. The molecule has 2 aliphatic rings. The van der Waals surface area contributed by atoms with Crippen LogP contribution in [0.2, 0.25) is 0 Å².